The highest BCUT2D eigenvalue weighted by Crippen LogP contribution is 2.71. The molecule has 0 saturated carbocycles. The van der Waals surface area contributed by atoms with Gasteiger partial charge in [-0.15, -0.1) is 0 Å². The second kappa shape index (κ2) is 6.46. The molecule has 3 nitrogen and oxygen atoms in total. The summed E-state index contributed by atoms with van der Waals surface area (Å²) in [5.41, 5.74) is 1.63. The molecule has 0 bridgehead atoms. The minimum Gasteiger partial charge on any atom is -0.309 e. The van der Waals surface area contributed by atoms with E-state index in [0.717, 1.165) is 14.7 Å². The highest BCUT2D eigenvalue weighted by Gasteiger charge is 2.45. The topological polar surface area (TPSA) is 35.5 Å². The molecule has 0 spiro atoms. The van der Waals surface area contributed by atoms with Crippen LogP contribution in [0, 0.1) is 0 Å². The summed E-state index contributed by atoms with van der Waals surface area (Å²) in [5, 5.41) is 1.19. The average molecular weight is 447 g/mol. The zero-order chi connectivity index (χ0) is 15.7. The summed E-state index contributed by atoms with van der Waals surface area (Å²) in [4.78, 5) is 0. The van der Waals surface area contributed by atoms with E-state index in [1.54, 1.807) is 6.07 Å². The third-order valence-corrected chi connectivity index (χ3v) is 7.34. The van der Waals surface area contributed by atoms with Crippen molar-refractivity contribution in [3.05, 3.63) is 74.3 Å². The molecule has 2 unspecified atom stereocenters. The maximum absolute atomic E-state index is 13.1. The van der Waals surface area contributed by atoms with Gasteiger partial charge in [0.15, 0.2) is 0 Å². The van der Waals surface area contributed by atoms with Gasteiger partial charge >= 0.3 is 7.60 Å². The fourth-order valence-corrected chi connectivity index (χ4v) is 6.21. The van der Waals surface area contributed by atoms with Crippen molar-refractivity contribution < 1.29 is 13.6 Å². The lowest BCUT2D eigenvalue weighted by atomic mass is 10.1. The summed E-state index contributed by atoms with van der Waals surface area (Å²) in [6.07, 6.45) is -0.477. The van der Waals surface area contributed by atoms with Crippen molar-refractivity contribution in [2.45, 2.75) is 6.10 Å². The van der Waals surface area contributed by atoms with Crippen LogP contribution in [0.2, 0.25) is 5.02 Å². The van der Waals surface area contributed by atoms with Crippen molar-refractivity contribution in [3.63, 3.8) is 0 Å². The number of rotatable bonds is 3. The Morgan fingerprint density at radius 3 is 2.41 bits per heavy atom. The second-order valence-electron chi connectivity index (χ2n) is 4.75. The van der Waals surface area contributed by atoms with Crippen LogP contribution in [-0.4, -0.2) is 7.11 Å². The Morgan fingerprint density at radius 2 is 1.77 bits per heavy atom. The summed E-state index contributed by atoms with van der Waals surface area (Å²) in [6.45, 7) is 0. The van der Waals surface area contributed by atoms with E-state index >= 15 is 0 Å². The van der Waals surface area contributed by atoms with E-state index in [1.165, 1.54) is 7.11 Å². The molecule has 2 atom stereocenters. The molecule has 0 aromatic heterocycles. The van der Waals surface area contributed by atoms with E-state index in [1.807, 2.05) is 48.5 Å². The summed E-state index contributed by atoms with van der Waals surface area (Å²) in [7, 11) is -1.96. The molecule has 0 amide bonds. The van der Waals surface area contributed by atoms with Gasteiger partial charge in [0.2, 0.25) is 0 Å². The highest BCUT2D eigenvalue weighted by molar-refractivity contribution is 14.1. The van der Waals surface area contributed by atoms with Crippen molar-refractivity contribution in [2.75, 3.05) is 7.11 Å². The monoisotopic (exact) mass is 446 g/mol. The molecule has 0 fully saturated rings. The zero-order valence-electron chi connectivity index (χ0n) is 11.7. The van der Waals surface area contributed by atoms with Crippen molar-refractivity contribution in [1.29, 1.82) is 0 Å². The molecule has 0 saturated heterocycles. The smallest absolute Gasteiger partial charge is 0.309 e. The van der Waals surface area contributed by atoms with E-state index < -0.39 is 13.7 Å². The second-order valence-corrected chi connectivity index (χ2v) is 8.34. The van der Waals surface area contributed by atoms with Crippen LogP contribution >= 0.6 is 41.8 Å². The summed E-state index contributed by atoms with van der Waals surface area (Å²) in [6, 6.07) is 16.9. The molecule has 1 aliphatic heterocycles. The van der Waals surface area contributed by atoms with Crippen LogP contribution in [0.3, 0.4) is 0 Å². The Kier molecular flexibility index (Phi) is 4.76. The predicted molar refractivity (Wildman–Crippen MR) is 97.3 cm³/mol. The summed E-state index contributed by atoms with van der Waals surface area (Å²) < 4.78 is 25.0. The molecular formula is C16H13ClIO3P. The Morgan fingerprint density at radius 1 is 1.14 bits per heavy atom. The molecule has 0 N–H and O–H groups in total. The minimum absolute atomic E-state index is 0.477. The van der Waals surface area contributed by atoms with Crippen molar-refractivity contribution in [1.82, 2.24) is 0 Å². The average Bonchev–Trinajstić information content (AvgIpc) is 2.80. The van der Waals surface area contributed by atoms with Gasteiger partial charge in [-0.1, -0.05) is 60.1 Å². The van der Waals surface area contributed by atoms with Crippen LogP contribution in [0.15, 0.2) is 58.2 Å². The van der Waals surface area contributed by atoms with Crippen LogP contribution < -0.4 is 0 Å². The number of hydrogen-bond acceptors (Lipinski definition) is 3. The Bertz CT molecular complexity index is 776. The van der Waals surface area contributed by atoms with Crippen molar-refractivity contribution in [3.8, 4) is 0 Å². The lowest BCUT2D eigenvalue weighted by Gasteiger charge is -2.16. The highest BCUT2D eigenvalue weighted by atomic mass is 127. The largest absolute Gasteiger partial charge is 0.363 e. The van der Waals surface area contributed by atoms with Gasteiger partial charge < -0.3 is 4.52 Å². The maximum atomic E-state index is 13.1. The molecule has 0 aliphatic carbocycles. The first-order valence-corrected chi connectivity index (χ1v) is 9.61. The number of benzene rings is 2. The van der Waals surface area contributed by atoms with Crippen molar-refractivity contribution in [2.24, 2.45) is 0 Å². The molecule has 22 heavy (non-hydrogen) atoms. The number of halogens is 2. The van der Waals surface area contributed by atoms with Crippen LogP contribution in [0.1, 0.15) is 17.2 Å². The first-order chi connectivity index (χ1) is 10.6. The molecule has 2 aromatic carbocycles. The van der Waals surface area contributed by atoms with E-state index in [-0.39, 0.29) is 0 Å². The van der Waals surface area contributed by atoms with Gasteiger partial charge in [-0.2, -0.15) is 0 Å². The Balaban J connectivity index is 2.16. The van der Waals surface area contributed by atoms with Crippen LogP contribution in [0.25, 0.3) is 5.31 Å². The van der Waals surface area contributed by atoms with Gasteiger partial charge in [-0.05, 0) is 34.2 Å². The molecule has 1 aliphatic rings. The fourth-order valence-electron chi connectivity index (χ4n) is 2.40. The molecule has 2 aromatic rings. The van der Waals surface area contributed by atoms with Gasteiger partial charge in [0.05, 0.1) is 5.31 Å². The molecule has 0 radical (unpaired) electrons. The van der Waals surface area contributed by atoms with Gasteiger partial charge in [0, 0.05) is 21.3 Å². The molecule has 6 heteroatoms. The molecule has 1 heterocycles. The third-order valence-electron chi connectivity index (χ3n) is 3.45. The standard InChI is InChI=1S/C16H13ClIO3P/c1-20-22(19)16(11-7-3-2-4-8-11)14(18)15(21-22)12-9-5-6-10-13(12)17/h2-10,15H,1H3. The lowest BCUT2D eigenvalue weighted by molar-refractivity contribution is 0.213. The van der Waals surface area contributed by atoms with Crippen LogP contribution in [0.4, 0.5) is 0 Å². The minimum atomic E-state index is -3.37. The third kappa shape index (κ3) is 2.79. The normalized spacial score (nSPS) is 24.8. The predicted octanol–water partition coefficient (Wildman–Crippen LogP) is 6.05. The van der Waals surface area contributed by atoms with Crippen molar-refractivity contribution >= 4 is 47.1 Å². The van der Waals surface area contributed by atoms with E-state index in [4.69, 9.17) is 20.6 Å². The first-order valence-electron chi connectivity index (χ1n) is 6.61. The summed E-state index contributed by atoms with van der Waals surface area (Å²) in [5.74, 6) is 0. The Hall–Kier alpha value is -0.650. The molecule has 114 valence electrons. The zero-order valence-corrected chi connectivity index (χ0v) is 15.5. The van der Waals surface area contributed by atoms with Gasteiger partial charge in [0.1, 0.15) is 6.10 Å². The lowest BCUT2D eigenvalue weighted by Crippen LogP contribution is -1.98. The summed E-state index contributed by atoms with van der Waals surface area (Å²) >= 11 is 8.44. The van der Waals surface area contributed by atoms with Gasteiger partial charge in [-0.3, -0.25) is 9.09 Å². The van der Waals surface area contributed by atoms with E-state index in [2.05, 4.69) is 22.6 Å². The SMILES string of the molecule is COP1(=O)OC(c2ccccc2Cl)C(I)=C1c1ccccc1. The van der Waals surface area contributed by atoms with E-state index in [0.29, 0.717) is 10.3 Å². The molecular weight excluding hydrogens is 434 g/mol. The van der Waals surface area contributed by atoms with Crippen LogP contribution in [0.5, 0.6) is 0 Å². The fraction of sp³-hybridized carbons (Fsp3) is 0.125. The van der Waals surface area contributed by atoms with E-state index in [9.17, 15) is 4.57 Å². The van der Waals surface area contributed by atoms with Crippen LogP contribution in [-0.2, 0) is 13.6 Å². The first kappa shape index (κ1) is 16.2. The maximum Gasteiger partial charge on any atom is 0.363 e. The molecule has 3 rings (SSSR count). The van der Waals surface area contributed by atoms with Gasteiger partial charge in [-0.25, -0.2) is 0 Å². The number of hydrogen-bond donors (Lipinski definition) is 0. The Labute approximate surface area is 148 Å². The quantitative estimate of drug-likeness (QED) is 0.425. The van der Waals surface area contributed by atoms with Gasteiger partial charge in [0.25, 0.3) is 0 Å².